The fraction of sp³-hybridized carbons (Fsp3) is 0.824. The summed E-state index contributed by atoms with van der Waals surface area (Å²) in [6, 6.07) is 0. The summed E-state index contributed by atoms with van der Waals surface area (Å²) in [5.41, 5.74) is -2.11. The van der Waals surface area contributed by atoms with Crippen LogP contribution in [0.15, 0.2) is 0 Å². The molecule has 130 valence electrons. The van der Waals surface area contributed by atoms with Crippen molar-refractivity contribution in [1.29, 1.82) is 0 Å². The molecule has 2 aliphatic rings. The second kappa shape index (κ2) is 7.43. The van der Waals surface area contributed by atoms with Gasteiger partial charge in [0, 0.05) is 18.9 Å². The van der Waals surface area contributed by atoms with Gasteiger partial charge in [-0.25, -0.2) is 0 Å². The van der Waals surface area contributed by atoms with E-state index in [0.717, 1.165) is 19.1 Å². The van der Waals surface area contributed by atoms with E-state index in [1.807, 2.05) is 0 Å². The van der Waals surface area contributed by atoms with E-state index in [4.69, 9.17) is 14.2 Å². The summed E-state index contributed by atoms with van der Waals surface area (Å²) in [5, 5.41) is 0. The van der Waals surface area contributed by atoms with Gasteiger partial charge < -0.3 is 19.0 Å². The van der Waals surface area contributed by atoms with Crippen molar-refractivity contribution >= 4 is 18.2 Å². The molecular weight excluding hydrogens is 300 g/mol. The lowest BCUT2D eigenvalue weighted by Crippen LogP contribution is -2.57. The third-order valence-corrected chi connectivity index (χ3v) is 5.04. The van der Waals surface area contributed by atoms with Crippen LogP contribution in [-0.4, -0.2) is 43.6 Å². The Hall–Kier alpha value is -1.43. The van der Waals surface area contributed by atoms with Gasteiger partial charge in [0.25, 0.3) is 0 Å². The molecule has 0 N–H and O–H groups in total. The van der Waals surface area contributed by atoms with Crippen molar-refractivity contribution in [1.82, 2.24) is 0 Å². The Bertz CT molecular complexity index is 434. The summed E-state index contributed by atoms with van der Waals surface area (Å²) in [6.45, 7) is 4.36. The van der Waals surface area contributed by atoms with E-state index < -0.39 is 23.0 Å². The van der Waals surface area contributed by atoms with Crippen molar-refractivity contribution < 1.29 is 28.6 Å². The molecule has 0 bridgehead atoms. The van der Waals surface area contributed by atoms with Crippen LogP contribution in [0.2, 0.25) is 0 Å². The number of aldehydes is 1. The molecule has 0 unspecified atom stereocenters. The number of carbonyl (C=O) groups excluding carboxylic acids is 3. The Labute approximate surface area is 136 Å². The highest BCUT2D eigenvalue weighted by molar-refractivity contribution is 6.00. The van der Waals surface area contributed by atoms with Gasteiger partial charge in [-0.15, -0.1) is 0 Å². The standard InChI is InChI=1S/C17H26O6/c1-3-21-14(19)16(15(20)22-4-2)9-7-13(11-18)17(12-16)8-5-6-10-23-17/h11,13H,3-10,12H2,1-2H3/t13-,17-/m1/s1. The first-order valence-corrected chi connectivity index (χ1v) is 8.48. The van der Waals surface area contributed by atoms with Crippen LogP contribution in [0.4, 0.5) is 0 Å². The quantitative estimate of drug-likeness (QED) is 0.437. The van der Waals surface area contributed by atoms with Gasteiger partial charge in [0.1, 0.15) is 6.29 Å². The number of ether oxygens (including phenoxy) is 3. The Kier molecular flexibility index (Phi) is 5.79. The van der Waals surface area contributed by atoms with E-state index in [1.54, 1.807) is 13.8 Å². The lowest BCUT2D eigenvalue weighted by Gasteiger charge is -2.49. The molecule has 2 atom stereocenters. The Balaban J connectivity index is 2.36. The van der Waals surface area contributed by atoms with E-state index in [-0.39, 0.29) is 32.0 Å². The van der Waals surface area contributed by atoms with Gasteiger partial charge in [-0.05, 0) is 46.0 Å². The van der Waals surface area contributed by atoms with Gasteiger partial charge in [-0.1, -0.05) is 0 Å². The minimum atomic E-state index is -1.36. The molecule has 0 aromatic heterocycles. The molecule has 1 saturated heterocycles. The van der Waals surface area contributed by atoms with Gasteiger partial charge in [-0.3, -0.25) is 9.59 Å². The monoisotopic (exact) mass is 326 g/mol. The second-order valence-electron chi connectivity index (χ2n) is 6.35. The average molecular weight is 326 g/mol. The summed E-state index contributed by atoms with van der Waals surface area (Å²) < 4.78 is 16.3. The molecule has 6 nitrogen and oxygen atoms in total. The fourth-order valence-corrected chi connectivity index (χ4v) is 3.86. The molecule has 23 heavy (non-hydrogen) atoms. The Morgan fingerprint density at radius 3 is 2.26 bits per heavy atom. The van der Waals surface area contributed by atoms with E-state index in [0.29, 0.717) is 19.4 Å². The number of hydrogen-bond donors (Lipinski definition) is 0. The molecule has 0 radical (unpaired) electrons. The van der Waals surface area contributed by atoms with Gasteiger partial charge in [-0.2, -0.15) is 0 Å². The van der Waals surface area contributed by atoms with Crippen molar-refractivity contribution in [2.75, 3.05) is 19.8 Å². The molecule has 0 aromatic carbocycles. The molecule has 2 rings (SSSR count). The first kappa shape index (κ1) is 17.9. The molecule has 1 heterocycles. The first-order valence-electron chi connectivity index (χ1n) is 8.48. The number of rotatable bonds is 5. The topological polar surface area (TPSA) is 78.9 Å². The third-order valence-electron chi connectivity index (χ3n) is 5.04. The summed E-state index contributed by atoms with van der Waals surface area (Å²) in [7, 11) is 0. The van der Waals surface area contributed by atoms with E-state index >= 15 is 0 Å². The summed E-state index contributed by atoms with van der Waals surface area (Å²) in [4.78, 5) is 36.7. The largest absolute Gasteiger partial charge is 0.465 e. The fourth-order valence-electron chi connectivity index (χ4n) is 3.86. The summed E-state index contributed by atoms with van der Waals surface area (Å²) in [6.07, 6.45) is 4.30. The molecule has 1 spiro atoms. The highest BCUT2D eigenvalue weighted by Crippen LogP contribution is 2.51. The van der Waals surface area contributed by atoms with Crippen LogP contribution in [-0.2, 0) is 28.6 Å². The minimum absolute atomic E-state index is 0.168. The lowest BCUT2D eigenvalue weighted by atomic mass is 9.61. The van der Waals surface area contributed by atoms with Crippen LogP contribution in [0.5, 0.6) is 0 Å². The maximum Gasteiger partial charge on any atom is 0.323 e. The van der Waals surface area contributed by atoms with E-state index in [9.17, 15) is 14.4 Å². The number of esters is 2. The van der Waals surface area contributed by atoms with E-state index in [2.05, 4.69) is 0 Å². The molecule has 1 aliphatic heterocycles. The third kappa shape index (κ3) is 3.27. The predicted octanol–water partition coefficient (Wildman–Crippen LogP) is 2.04. The van der Waals surface area contributed by atoms with Crippen LogP contribution in [0.3, 0.4) is 0 Å². The van der Waals surface area contributed by atoms with Crippen LogP contribution < -0.4 is 0 Å². The number of hydrogen-bond acceptors (Lipinski definition) is 6. The van der Waals surface area contributed by atoms with Crippen molar-refractivity contribution in [3.63, 3.8) is 0 Å². The summed E-state index contributed by atoms with van der Waals surface area (Å²) in [5.74, 6) is -1.41. The lowest BCUT2D eigenvalue weighted by molar-refractivity contribution is -0.198. The number of carbonyl (C=O) groups is 3. The normalized spacial score (nSPS) is 29.7. The molecular formula is C17H26O6. The zero-order valence-electron chi connectivity index (χ0n) is 14.0. The smallest absolute Gasteiger partial charge is 0.323 e. The molecule has 1 saturated carbocycles. The highest BCUT2D eigenvalue weighted by Gasteiger charge is 2.60. The van der Waals surface area contributed by atoms with Gasteiger partial charge in [0.2, 0.25) is 0 Å². The SMILES string of the molecule is CCOC(=O)C1(C(=O)OCC)CC[C@H](C=O)[C@@]2(CCCCO2)C1. The second-order valence-corrected chi connectivity index (χ2v) is 6.35. The van der Waals surface area contributed by atoms with Crippen molar-refractivity contribution in [3.05, 3.63) is 0 Å². The van der Waals surface area contributed by atoms with Crippen molar-refractivity contribution in [2.45, 2.75) is 58.0 Å². The first-order chi connectivity index (χ1) is 11.0. The Morgan fingerprint density at radius 1 is 1.13 bits per heavy atom. The van der Waals surface area contributed by atoms with Crippen LogP contribution in [0.25, 0.3) is 0 Å². The van der Waals surface area contributed by atoms with Gasteiger partial charge in [0.05, 0.1) is 18.8 Å². The maximum atomic E-state index is 12.6. The molecule has 6 heteroatoms. The van der Waals surface area contributed by atoms with Crippen molar-refractivity contribution in [2.24, 2.45) is 11.3 Å². The van der Waals surface area contributed by atoms with Crippen LogP contribution in [0.1, 0.15) is 52.4 Å². The Morgan fingerprint density at radius 2 is 1.78 bits per heavy atom. The molecule has 0 amide bonds. The summed E-state index contributed by atoms with van der Waals surface area (Å²) >= 11 is 0. The molecule has 0 aromatic rings. The van der Waals surface area contributed by atoms with Crippen LogP contribution in [0, 0.1) is 11.3 Å². The maximum absolute atomic E-state index is 12.6. The zero-order chi connectivity index (χ0) is 16.9. The molecule has 1 aliphatic carbocycles. The predicted molar refractivity (Wildman–Crippen MR) is 81.6 cm³/mol. The average Bonchev–Trinajstić information content (AvgIpc) is 2.55. The van der Waals surface area contributed by atoms with Crippen molar-refractivity contribution in [3.8, 4) is 0 Å². The zero-order valence-corrected chi connectivity index (χ0v) is 14.0. The minimum Gasteiger partial charge on any atom is -0.465 e. The van der Waals surface area contributed by atoms with Gasteiger partial charge >= 0.3 is 11.9 Å². The van der Waals surface area contributed by atoms with Crippen LogP contribution >= 0.6 is 0 Å². The highest BCUT2D eigenvalue weighted by atomic mass is 16.6. The van der Waals surface area contributed by atoms with E-state index in [1.165, 1.54) is 0 Å². The molecule has 2 fully saturated rings. The van der Waals surface area contributed by atoms with Gasteiger partial charge in [0.15, 0.2) is 5.41 Å².